The first kappa shape index (κ1) is 9.10. The average Bonchev–Trinajstić information content (AvgIpc) is 2.72. The normalized spacial score (nSPS) is 20.8. The second-order valence-electron chi connectivity index (χ2n) is 3.72. The smallest absolute Gasteiger partial charge is 0.197 e. The lowest BCUT2D eigenvalue weighted by molar-refractivity contribution is 0.440. The van der Waals surface area contributed by atoms with Crippen LogP contribution in [0.2, 0.25) is 5.22 Å². The van der Waals surface area contributed by atoms with Gasteiger partial charge >= 0.3 is 0 Å². The number of furan rings is 1. The average molecular weight is 200 g/mol. The summed E-state index contributed by atoms with van der Waals surface area (Å²) in [6, 6.07) is 1.94. The third kappa shape index (κ3) is 1.74. The molecule has 1 aromatic heterocycles. The van der Waals surface area contributed by atoms with E-state index >= 15 is 0 Å². The van der Waals surface area contributed by atoms with Crippen LogP contribution in [0.1, 0.15) is 37.3 Å². The van der Waals surface area contributed by atoms with Gasteiger partial charge in [0.25, 0.3) is 0 Å². The minimum atomic E-state index is 0.0637. The molecule has 1 heterocycles. The van der Waals surface area contributed by atoms with E-state index < -0.39 is 0 Å². The molecule has 2 nitrogen and oxygen atoms in total. The van der Waals surface area contributed by atoms with Crippen molar-refractivity contribution < 1.29 is 4.42 Å². The summed E-state index contributed by atoms with van der Waals surface area (Å²) in [5.41, 5.74) is 7.07. The van der Waals surface area contributed by atoms with Crippen molar-refractivity contribution in [3.05, 3.63) is 23.1 Å². The van der Waals surface area contributed by atoms with Crippen LogP contribution in [-0.2, 0) is 0 Å². The Kier molecular flexibility index (Phi) is 2.61. The quantitative estimate of drug-likeness (QED) is 0.795. The number of rotatable bonds is 2. The van der Waals surface area contributed by atoms with E-state index in [0.717, 1.165) is 5.56 Å². The van der Waals surface area contributed by atoms with Crippen LogP contribution >= 0.6 is 11.6 Å². The van der Waals surface area contributed by atoms with Crippen molar-refractivity contribution in [1.82, 2.24) is 0 Å². The fourth-order valence-corrected chi connectivity index (χ4v) is 2.35. The maximum atomic E-state index is 6.10. The lowest BCUT2D eigenvalue weighted by Gasteiger charge is -2.17. The van der Waals surface area contributed by atoms with Crippen LogP contribution < -0.4 is 5.73 Å². The molecule has 1 aliphatic carbocycles. The van der Waals surface area contributed by atoms with Crippen molar-refractivity contribution >= 4 is 11.6 Å². The van der Waals surface area contributed by atoms with Crippen LogP contribution in [0, 0.1) is 5.92 Å². The van der Waals surface area contributed by atoms with Crippen molar-refractivity contribution in [3.63, 3.8) is 0 Å². The zero-order chi connectivity index (χ0) is 9.26. The molecule has 0 aliphatic heterocycles. The molecule has 0 saturated heterocycles. The second kappa shape index (κ2) is 3.72. The van der Waals surface area contributed by atoms with Crippen molar-refractivity contribution in [2.75, 3.05) is 0 Å². The summed E-state index contributed by atoms with van der Waals surface area (Å²) in [4.78, 5) is 0. The van der Waals surface area contributed by atoms with Crippen LogP contribution in [-0.4, -0.2) is 0 Å². The molecule has 1 aliphatic rings. The first-order valence-electron chi connectivity index (χ1n) is 4.77. The van der Waals surface area contributed by atoms with E-state index in [4.69, 9.17) is 21.8 Å². The fraction of sp³-hybridized carbons (Fsp3) is 0.600. The van der Waals surface area contributed by atoms with Crippen molar-refractivity contribution in [2.45, 2.75) is 31.7 Å². The van der Waals surface area contributed by atoms with Gasteiger partial charge in [-0.2, -0.15) is 0 Å². The molecule has 0 bridgehead atoms. The number of nitrogens with two attached hydrogens (primary N) is 1. The van der Waals surface area contributed by atoms with Crippen LogP contribution in [0.25, 0.3) is 0 Å². The Bertz CT molecular complexity index is 278. The molecule has 2 rings (SSSR count). The van der Waals surface area contributed by atoms with Crippen LogP contribution in [0.3, 0.4) is 0 Å². The highest BCUT2D eigenvalue weighted by atomic mass is 35.5. The topological polar surface area (TPSA) is 39.2 Å². The van der Waals surface area contributed by atoms with Gasteiger partial charge in [-0.1, -0.05) is 12.8 Å². The van der Waals surface area contributed by atoms with E-state index in [9.17, 15) is 0 Å². The predicted molar refractivity (Wildman–Crippen MR) is 52.6 cm³/mol. The summed E-state index contributed by atoms with van der Waals surface area (Å²) < 4.78 is 5.03. The molecule has 1 atom stereocenters. The fourth-order valence-electron chi connectivity index (χ4n) is 2.11. The van der Waals surface area contributed by atoms with E-state index in [1.165, 1.54) is 25.7 Å². The lowest BCUT2D eigenvalue weighted by atomic mass is 9.94. The van der Waals surface area contributed by atoms with Gasteiger partial charge in [-0.15, -0.1) is 0 Å². The molecule has 1 saturated carbocycles. The maximum Gasteiger partial charge on any atom is 0.197 e. The zero-order valence-electron chi connectivity index (χ0n) is 7.50. The second-order valence-corrected chi connectivity index (χ2v) is 4.06. The van der Waals surface area contributed by atoms with Crippen molar-refractivity contribution in [3.8, 4) is 0 Å². The molecule has 3 heteroatoms. The highest BCUT2D eigenvalue weighted by molar-refractivity contribution is 6.29. The van der Waals surface area contributed by atoms with E-state index in [-0.39, 0.29) is 6.04 Å². The van der Waals surface area contributed by atoms with E-state index in [1.807, 2.05) is 6.07 Å². The molecule has 0 spiro atoms. The summed E-state index contributed by atoms with van der Waals surface area (Å²) in [6.07, 6.45) is 6.65. The summed E-state index contributed by atoms with van der Waals surface area (Å²) in [5.74, 6) is 0.593. The number of hydrogen-bond acceptors (Lipinski definition) is 2. The standard InChI is InChI=1S/C10H14ClNO/c11-10-8(5-6-13-10)9(12)7-3-1-2-4-7/h5-7,9H,1-4,12H2. The predicted octanol–water partition coefficient (Wildman–Crippen LogP) is 3.12. The maximum absolute atomic E-state index is 6.10. The molecule has 0 amide bonds. The minimum Gasteiger partial charge on any atom is -0.453 e. The number of hydrogen-bond donors (Lipinski definition) is 1. The van der Waals surface area contributed by atoms with Gasteiger partial charge in [-0.05, 0) is 36.4 Å². The SMILES string of the molecule is NC(c1ccoc1Cl)C1CCCC1. The highest BCUT2D eigenvalue weighted by Gasteiger charge is 2.25. The Hall–Kier alpha value is -0.470. The molecule has 72 valence electrons. The molecule has 1 fully saturated rings. The molecule has 0 radical (unpaired) electrons. The van der Waals surface area contributed by atoms with E-state index in [1.54, 1.807) is 6.26 Å². The highest BCUT2D eigenvalue weighted by Crippen LogP contribution is 2.36. The molecule has 13 heavy (non-hydrogen) atoms. The Morgan fingerprint density at radius 2 is 2.15 bits per heavy atom. The number of halogens is 1. The first-order chi connectivity index (χ1) is 6.29. The Morgan fingerprint density at radius 3 is 2.69 bits per heavy atom. The first-order valence-corrected chi connectivity index (χ1v) is 5.15. The molecule has 1 aromatic rings. The van der Waals surface area contributed by atoms with Crippen LogP contribution in [0.4, 0.5) is 0 Å². The Balaban J connectivity index is 2.12. The van der Waals surface area contributed by atoms with Crippen molar-refractivity contribution in [1.29, 1.82) is 0 Å². The molecular formula is C10H14ClNO. The van der Waals surface area contributed by atoms with E-state index in [0.29, 0.717) is 11.1 Å². The van der Waals surface area contributed by atoms with Gasteiger partial charge in [0.2, 0.25) is 0 Å². The third-order valence-corrected chi connectivity index (χ3v) is 3.22. The van der Waals surface area contributed by atoms with Gasteiger partial charge in [0, 0.05) is 11.6 Å². The molecule has 0 aromatic carbocycles. The van der Waals surface area contributed by atoms with Gasteiger partial charge < -0.3 is 10.2 Å². The monoisotopic (exact) mass is 199 g/mol. The minimum absolute atomic E-state index is 0.0637. The zero-order valence-corrected chi connectivity index (χ0v) is 8.26. The van der Waals surface area contributed by atoms with Gasteiger partial charge in [0.15, 0.2) is 5.22 Å². The Morgan fingerprint density at radius 1 is 1.46 bits per heavy atom. The van der Waals surface area contributed by atoms with Gasteiger partial charge in [-0.3, -0.25) is 0 Å². The van der Waals surface area contributed by atoms with Gasteiger partial charge in [-0.25, -0.2) is 0 Å². The van der Waals surface area contributed by atoms with E-state index in [2.05, 4.69) is 0 Å². The Labute approximate surface area is 83.1 Å². The van der Waals surface area contributed by atoms with Crippen LogP contribution in [0.5, 0.6) is 0 Å². The van der Waals surface area contributed by atoms with Gasteiger partial charge in [0.05, 0.1) is 6.26 Å². The van der Waals surface area contributed by atoms with Crippen molar-refractivity contribution in [2.24, 2.45) is 11.7 Å². The molecule has 1 unspecified atom stereocenters. The molecule has 2 N–H and O–H groups in total. The third-order valence-electron chi connectivity index (χ3n) is 2.91. The largest absolute Gasteiger partial charge is 0.453 e. The summed E-state index contributed by atoms with van der Waals surface area (Å²) in [6.45, 7) is 0. The summed E-state index contributed by atoms with van der Waals surface area (Å²) >= 11 is 5.87. The molecular weight excluding hydrogens is 186 g/mol. The summed E-state index contributed by atoms with van der Waals surface area (Å²) in [5, 5.41) is 0.458. The van der Waals surface area contributed by atoms with Gasteiger partial charge in [0.1, 0.15) is 0 Å². The van der Waals surface area contributed by atoms with Crippen LogP contribution in [0.15, 0.2) is 16.7 Å². The summed E-state index contributed by atoms with van der Waals surface area (Å²) in [7, 11) is 0. The lowest BCUT2D eigenvalue weighted by Crippen LogP contribution is -2.18.